The van der Waals surface area contributed by atoms with E-state index in [2.05, 4.69) is 5.32 Å². The van der Waals surface area contributed by atoms with Gasteiger partial charge in [0.2, 0.25) is 5.91 Å². The van der Waals surface area contributed by atoms with Crippen molar-refractivity contribution in [2.45, 2.75) is 39.2 Å². The fourth-order valence-corrected chi connectivity index (χ4v) is 1.55. The number of carbonyl (C=O) groups is 1. The summed E-state index contributed by atoms with van der Waals surface area (Å²) in [6.45, 7) is 5.43. The van der Waals surface area contributed by atoms with Gasteiger partial charge in [0.1, 0.15) is 0 Å². The van der Waals surface area contributed by atoms with Crippen molar-refractivity contribution in [1.82, 2.24) is 0 Å². The number of anilines is 1. The molecule has 6 nitrogen and oxygen atoms in total. The normalized spacial score (nSPS) is 11.2. The van der Waals surface area contributed by atoms with Gasteiger partial charge >= 0.3 is 0 Å². The van der Waals surface area contributed by atoms with Crippen LogP contribution in [0.15, 0.2) is 18.2 Å². The zero-order valence-corrected chi connectivity index (χ0v) is 11.4. The average Bonchev–Trinajstić information content (AvgIpc) is 2.28. The molecule has 0 aliphatic carbocycles. The molecule has 0 saturated heterocycles. The molecule has 0 spiro atoms. The van der Waals surface area contributed by atoms with Gasteiger partial charge in [-0.05, 0) is 38.8 Å². The fourth-order valence-electron chi connectivity index (χ4n) is 1.55. The number of hydrogen-bond acceptors (Lipinski definition) is 4. The minimum Gasteiger partial charge on any atom is -0.326 e. The minimum absolute atomic E-state index is 0.0126. The molecule has 0 fully saturated rings. The molecule has 0 bridgehead atoms. The number of non-ortho nitro benzene ring substituents is 1. The second kappa shape index (κ2) is 5.79. The third-order valence-electron chi connectivity index (χ3n) is 2.69. The first-order valence-corrected chi connectivity index (χ1v) is 6.03. The van der Waals surface area contributed by atoms with Gasteiger partial charge in [-0.2, -0.15) is 0 Å². The summed E-state index contributed by atoms with van der Waals surface area (Å²) in [5.41, 5.74) is 6.68. The Kier molecular flexibility index (Phi) is 4.61. The van der Waals surface area contributed by atoms with E-state index in [-0.39, 0.29) is 17.1 Å². The number of nitrogens with two attached hydrogens (primary N) is 1. The summed E-state index contributed by atoms with van der Waals surface area (Å²) in [6, 6.07) is 4.34. The molecule has 1 rings (SSSR count). The summed E-state index contributed by atoms with van der Waals surface area (Å²) >= 11 is 0. The lowest BCUT2D eigenvalue weighted by Gasteiger charge is -2.17. The second-order valence-electron chi connectivity index (χ2n) is 5.29. The first-order valence-electron chi connectivity index (χ1n) is 6.03. The van der Waals surface area contributed by atoms with Crippen LogP contribution in [0.4, 0.5) is 11.4 Å². The number of nitro benzene ring substituents is 1. The Balaban J connectivity index is 2.67. The molecule has 0 aliphatic rings. The molecule has 0 aromatic heterocycles. The molecule has 0 aliphatic heterocycles. The highest BCUT2D eigenvalue weighted by atomic mass is 16.6. The van der Waals surface area contributed by atoms with Crippen molar-refractivity contribution in [3.8, 4) is 0 Å². The third kappa shape index (κ3) is 5.05. The molecular weight excluding hydrogens is 246 g/mol. The zero-order valence-electron chi connectivity index (χ0n) is 11.4. The summed E-state index contributed by atoms with van der Waals surface area (Å²) < 4.78 is 0. The van der Waals surface area contributed by atoms with Gasteiger partial charge < -0.3 is 11.1 Å². The third-order valence-corrected chi connectivity index (χ3v) is 2.69. The topological polar surface area (TPSA) is 98.3 Å². The Morgan fingerprint density at radius 2 is 2.11 bits per heavy atom. The molecular formula is C13H19N3O3. The molecule has 19 heavy (non-hydrogen) atoms. The first-order chi connectivity index (χ1) is 8.69. The molecule has 0 saturated carbocycles. The number of rotatable bonds is 5. The second-order valence-corrected chi connectivity index (χ2v) is 5.29. The van der Waals surface area contributed by atoms with Gasteiger partial charge in [0.25, 0.3) is 5.69 Å². The fraction of sp³-hybridized carbons (Fsp3) is 0.462. The predicted octanol–water partition coefficient (Wildman–Crippen LogP) is 2.36. The Labute approximate surface area is 112 Å². The van der Waals surface area contributed by atoms with Crippen molar-refractivity contribution in [2.24, 2.45) is 5.73 Å². The van der Waals surface area contributed by atoms with Crippen molar-refractivity contribution in [2.75, 3.05) is 5.32 Å². The maximum Gasteiger partial charge on any atom is 0.269 e. The van der Waals surface area contributed by atoms with E-state index >= 15 is 0 Å². The Morgan fingerprint density at radius 1 is 1.47 bits per heavy atom. The van der Waals surface area contributed by atoms with Crippen LogP contribution in [-0.4, -0.2) is 16.4 Å². The van der Waals surface area contributed by atoms with Crippen LogP contribution < -0.4 is 11.1 Å². The molecule has 104 valence electrons. The van der Waals surface area contributed by atoms with Crippen LogP contribution in [0.5, 0.6) is 0 Å². The minimum atomic E-state index is -0.463. The highest BCUT2D eigenvalue weighted by molar-refractivity contribution is 5.91. The number of nitrogens with zero attached hydrogens (tertiary/aromatic N) is 1. The smallest absolute Gasteiger partial charge is 0.269 e. The van der Waals surface area contributed by atoms with E-state index in [0.29, 0.717) is 24.1 Å². The molecule has 0 radical (unpaired) electrons. The Hall–Kier alpha value is -1.95. The van der Waals surface area contributed by atoms with Gasteiger partial charge in [0, 0.05) is 29.8 Å². The molecule has 0 unspecified atom stereocenters. The number of nitro groups is 1. The van der Waals surface area contributed by atoms with Crippen LogP contribution in [0.2, 0.25) is 0 Å². The highest BCUT2D eigenvalue weighted by Gasteiger charge is 2.14. The van der Waals surface area contributed by atoms with Crippen LogP contribution in [0.25, 0.3) is 0 Å². The molecule has 0 heterocycles. The van der Waals surface area contributed by atoms with E-state index < -0.39 is 4.92 Å². The van der Waals surface area contributed by atoms with Crippen molar-refractivity contribution in [1.29, 1.82) is 0 Å². The van der Waals surface area contributed by atoms with E-state index in [1.54, 1.807) is 13.0 Å². The number of benzene rings is 1. The van der Waals surface area contributed by atoms with Gasteiger partial charge in [-0.1, -0.05) is 0 Å². The molecule has 3 N–H and O–H groups in total. The lowest BCUT2D eigenvalue weighted by molar-refractivity contribution is -0.384. The lowest BCUT2D eigenvalue weighted by atomic mass is 10.00. The predicted molar refractivity (Wildman–Crippen MR) is 74.0 cm³/mol. The first kappa shape index (κ1) is 15.1. The van der Waals surface area contributed by atoms with Gasteiger partial charge in [0.15, 0.2) is 0 Å². The van der Waals surface area contributed by atoms with E-state index in [0.717, 1.165) is 0 Å². The molecule has 6 heteroatoms. The Morgan fingerprint density at radius 3 is 2.58 bits per heavy atom. The van der Waals surface area contributed by atoms with Crippen molar-refractivity contribution < 1.29 is 9.72 Å². The summed E-state index contributed by atoms with van der Waals surface area (Å²) in [5.74, 6) is -0.143. The van der Waals surface area contributed by atoms with Crippen molar-refractivity contribution in [3.63, 3.8) is 0 Å². The van der Waals surface area contributed by atoms with Crippen molar-refractivity contribution in [3.05, 3.63) is 33.9 Å². The summed E-state index contributed by atoms with van der Waals surface area (Å²) in [7, 11) is 0. The van der Waals surface area contributed by atoms with E-state index in [9.17, 15) is 14.9 Å². The van der Waals surface area contributed by atoms with Crippen molar-refractivity contribution >= 4 is 17.3 Å². The summed E-state index contributed by atoms with van der Waals surface area (Å²) in [6.07, 6.45) is 0.894. The quantitative estimate of drug-likeness (QED) is 0.630. The van der Waals surface area contributed by atoms with Gasteiger partial charge in [0.05, 0.1) is 4.92 Å². The number of amides is 1. The van der Waals surface area contributed by atoms with Gasteiger partial charge in [-0.3, -0.25) is 14.9 Å². The van der Waals surface area contributed by atoms with Crippen LogP contribution in [0, 0.1) is 17.0 Å². The number of nitrogens with one attached hydrogen (secondary N) is 1. The monoisotopic (exact) mass is 265 g/mol. The average molecular weight is 265 g/mol. The van der Waals surface area contributed by atoms with E-state index in [4.69, 9.17) is 5.73 Å². The van der Waals surface area contributed by atoms with Crippen LogP contribution >= 0.6 is 0 Å². The largest absolute Gasteiger partial charge is 0.326 e. The van der Waals surface area contributed by atoms with Gasteiger partial charge in [-0.25, -0.2) is 0 Å². The molecule has 1 amide bonds. The van der Waals surface area contributed by atoms with Crippen LogP contribution in [0.1, 0.15) is 32.3 Å². The highest BCUT2D eigenvalue weighted by Crippen LogP contribution is 2.21. The number of hydrogen-bond donors (Lipinski definition) is 2. The number of carbonyl (C=O) groups excluding carboxylic acids is 1. The zero-order chi connectivity index (χ0) is 14.6. The summed E-state index contributed by atoms with van der Waals surface area (Å²) in [4.78, 5) is 21.9. The van der Waals surface area contributed by atoms with E-state index in [1.165, 1.54) is 12.1 Å². The lowest BCUT2D eigenvalue weighted by Crippen LogP contribution is -2.33. The molecule has 0 atom stereocenters. The van der Waals surface area contributed by atoms with E-state index in [1.807, 2.05) is 13.8 Å². The van der Waals surface area contributed by atoms with Crippen LogP contribution in [-0.2, 0) is 4.79 Å². The SMILES string of the molecule is Cc1cc([N+](=O)[O-])ccc1NC(=O)CCC(C)(C)N. The van der Waals surface area contributed by atoms with Gasteiger partial charge in [-0.15, -0.1) is 0 Å². The standard InChI is InChI=1S/C13H19N3O3/c1-9-8-10(16(18)19)4-5-11(9)15-12(17)6-7-13(2,3)14/h4-5,8H,6-7,14H2,1-3H3,(H,15,17). The number of aryl methyl sites for hydroxylation is 1. The van der Waals surface area contributed by atoms with Crippen LogP contribution in [0.3, 0.4) is 0 Å². The Bertz CT molecular complexity index is 492. The summed E-state index contributed by atoms with van der Waals surface area (Å²) in [5, 5.41) is 13.3. The molecule has 1 aromatic rings. The maximum atomic E-state index is 11.7. The molecule has 1 aromatic carbocycles. The maximum absolute atomic E-state index is 11.7.